The van der Waals surface area contributed by atoms with E-state index in [0.29, 0.717) is 35.7 Å². The molecular weight excluding hydrogens is 334 g/mol. The quantitative estimate of drug-likeness (QED) is 0.768. The van der Waals surface area contributed by atoms with E-state index in [9.17, 15) is 19.5 Å². The Labute approximate surface area is 141 Å². The molecule has 130 valence electrons. The van der Waals surface area contributed by atoms with Crippen LogP contribution in [0.15, 0.2) is 4.79 Å². The van der Waals surface area contributed by atoms with Crippen molar-refractivity contribution in [3.05, 3.63) is 26.6 Å². The van der Waals surface area contributed by atoms with Crippen LogP contribution in [0.5, 0.6) is 0 Å². The Bertz CT molecular complexity index is 855. The maximum Gasteiger partial charge on any atom is 0.346 e. The van der Waals surface area contributed by atoms with Crippen molar-refractivity contribution in [1.29, 1.82) is 0 Å². The lowest BCUT2D eigenvalue weighted by atomic mass is 10.1. The van der Waals surface area contributed by atoms with E-state index in [-0.39, 0.29) is 10.3 Å². The van der Waals surface area contributed by atoms with E-state index in [0.717, 1.165) is 11.3 Å². The number of methoxy groups -OCH3 is 1. The summed E-state index contributed by atoms with van der Waals surface area (Å²) in [6, 6.07) is -0.839. The van der Waals surface area contributed by atoms with Gasteiger partial charge >= 0.3 is 5.97 Å². The fourth-order valence-corrected chi connectivity index (χ4v) is 3.67. The monoisotopic (exact) mass is 353 g/mol. The van der Waals surface area contributed by atoms with Crippen LogP contribution in [0.2, 0.25) is 0 Å². The van der Waals surface area contributed by atoms with Crippen LogP contribution in [0.1, 0.15) is 40.4 Å². The maximum atomic E-state index is 13.0. The lowest BCUT2D eigenvalue weighted by Gasteiger charge is -2.19. The first-order chi connectivity index (χ1) is 11.3. The number of carbonyl (C=O) groups excluding carboxylic acids is 1. The van der Waals surface area contributed by atoms with Crippen LogP contribution < -0.4 is 11.3 Å². The van der Waals surface area contributed by atoms with Gasteiger partial charge in [-0.25, -0.2) is 9.78 Å². The van der Waals surface area contributed by atoms with Gasteiger partial charge in [-0.2, -0.15) is 0 Å². The van der Waals surface area contributed by atoms with Gasteiger partial charge in [0.15, 0.2) is 0 Å². The summed E-state index contributed by atoms with van der Waals surface area (Å²) in [5.41, 5.74) is 5.34. The molecule has 1 amide bonds. The number of aryl methyl sites for hydroxylation is 1. The largest absolute Gasteiger partial charge is 0.477 e. The second kappa shape index (κ2) is 7.10. The topological polar surface area (TPSA) is 125 Å². The van der Waals surface area contributed by atoms with E-state index in [1.54, 1.807) is 13.8 Å². The third kappa shape index (κ3) is 3.04. The van der Waals surface area contributed by atoms with Crippen LogP contribution in [0.3, 0.4) is 0 Å². The molecule has 3 N–H and O–H groups in total. The molecule has 0 radical (unpaired) electrons. The van der Waals surface area contributed by atoms with Crippen LogP contribution in [0.25, 0.3) is 10.2 Å². The van der Waals surface area contributed by atoms with Crippen molar-refractivity contribution in [2.45, 2.75) is 32.7 Å². The number of carbonyl (C=O) groups is 2. The lowest BCUT2D eigenvalue weighted by molar-refractivity contribution is -0.121. The SMILES string of the molecule is CCC(C(N)=O)n1c(CCOC)nc2sc(C(=O)O)c(C)c2c1=O. The molecule has 0 fully saturated rings. The number of primary amides is 1. The third-order valence-corrected chi connectivity index (χ3v) is 4.99. The molecule has 0 spiro atoms. The maximum absolute atomic E-state index is 13.0. The Hall–Kier alpha value is -2.26. The predicted molar refractivity (Wildman–Crippen MR) is 89.7 cm³/mol. The molecule has 0 aliphatic heterocycles. The van der Waals surface area contributed by atoms with Crippen LogP contribution in [0.4, 0.5) is 0 Å². The van der Waals surface area contributed by atoms with E-state index < -0.39 is 23.5 Å². The molecule has 2 heterocycles. The fraction of sp³-hybridized carbons (Fsp3) is 0.467. The molecule has 1 unspecified atom stereocenters. The standard InChI is InChI=1S/C15H19N3O5S/c1-4-8(12(16)19)18-9(5-6-23-3)17-13-10(14(18)20)7(2)11(24-13)15(21)22/h8H,4-6H2,1-3H3,(H2,16,19)(H,21,22). The number of hydrogen-bond donors (Lipinski definition) is 2. The Morgan fingerprint density at radius 1 is 1.46 bits per heavy atom. The van der Waals surface area contributed by atoms with E-state index in [1.165, 1.54) is 11.7 Å². The van der Waals surface area contributed by atoms with Crippen LogP contribution in [-0.4, -0.2) is 40.3 Å². The summed E-state index contributed by atoms with van der Waals surface area (Å²) in [6.45, 7) is 3.62. The van der Waals surface area contributed by atoms with Crippen molar-refractivity contribution in [1.82, 2.24) is 9.55 Å². The van der Waals surface area contributed by atoms with Crippen molar-refractivity contribution in [3.63, 3.8) is 0 Å². The highest BCUT2D eigenvalue weighted by Crippen LogP contribution is 2.28. The molecule has 1 atom stereocenters. The Morgan fingerprint density at radius 3 is 2.62 bits per heavy atom. The molecule has 0 bridgehead atoms. The summed E-state index contributed by atoms with van der Waals surface area (Å²) in [5.74, 6) is -1.38. The highest BCUT2D eigenvalue weighted by Gasteiger charge is 2.26. The van der Waals surface area contributed by atoms with Crippen LogP contribution in [0, 0.1) is 6.92 Å². The summed E-state index contributed by atoms with van der Waals surface area (Å²) in [6.07, 6.45) is 0.641. The number of aromatic nitrogens is 2. The first-order valence-corrected chi connectivity index (χ1v) is 8.21. The first-order valence-electron chi connectivity index (χ1n) is 7.39. The van der Waals surface area contributed by atoms with Gasteiger partial charge in [0.1, 0.15) is 21.6 Å². The number of nitrogens with zero attached hydrogens (tertiary/aromatic N) is 2. The summed E-state index contributed by atoms with van der Waals surface area (Å²) < 4.78 is 6.30. The number of thiophene rings is 1. The molecule has 0 saturated heterocycles. The molecule has 9 heteroatoms. The Balaban J connectivity index is 2.83. The third-order valence-electron chi connectivity index (χ3n) is 3.82. The van der Waals surface area contributed by atoms with Crippen LogP contribution in [-0.2, 0) is 16.0 Å². The van der Waals surface area contributed by atoms with Crippen molar-refractivity contribution in [3.8, 4) is 0 Å². The normalized spacial score (nSPS) is 12.5. The van der Waals surface area contributed by atoms with Gasteiger partial charge in [-0.3, -0.25) is 14.2 Å². The van der Waals surface area contributed by atoms with Crippen molar-refractivity contribution in [2.24, 2.45) is 5.73 Å². The molecule has 0 saturated carbocycles. The van der Waals surface area contributed by atoms with Gasteiger partial charge in [-0.15, -0.1) is 11.3 Å². The second-order valence-corrected chi connectivity index (χ2v) is 6.31. The molecule has 0 aliphatic rings. The smallest absolute Gasteiger partial charge is 0.346 e. The lowest BCUT2D eigenvalue weighted by Crippen LogP contribution is -2.36. The Kier molecular flexibility index (Phi) is 5.35. The zero-order valence-electron chi connectivity index (χ0n) is 13.7. The van der Waals surface area contributed by atoms with Crippen molar-refractivity contribution < 1.29 is 19.4 Å². The summed E-state index contributed by atoms with van der Waals surface area (Å²) in [4.78, 5) is 40.9. The molecule has 0 aliphatic carbocycles. The Morgan fingerprint density at radius 2 is 2.12 bits per heavy atom. The highest BCUT2D eigenvalue weighted by molar-refractivity contribution is 7.20. The summed E-state index contributed by atoms with van der Waals surface area (Å²) in [7, 11) is 1.52. The van der Waals surface area contributed by atoms with E-state index in [1.807, 2.05) is 0 Å². The predicted octanol–water partition coefficient (Wildman–Crippen LogP) is 1.09. The molecule has 0 aromatic carbocycles. The number of nitrogens with two attached hydrogens (primary N) is 1. The van der Waals surface area contributed by atoms with Gasteiger partial charge in [-0.05, 0) is 18.9 Å². The van der Waals surface area contributed by atoms with Crippen molar-refractivity contribution in [2.75, 3.05) is 13.7 Å². The number of amides is 1. The zero-order valence-corrected chi connectivity index (χ0v) is 14.5. The van der Waals surface area contributed by atoms with Gasteiger partial charge in [0.2, 0.25) is 5.91 Å². The second-order valence-electron chi connectivity index (χ2n) is 5.31. The number of fused-ring (bicyclic) bond motifs is 1. The average molecular weight is 353 g/mol. The summed E-state index contributed by atoms with van der Waals surface area (Å²) in [5, 5.41) is 9.48. The molecule has 2 aromatic rings. The zero-order chi connectivity index (χ0) is 18.0. The van der Waals surface area contributed by atoms with Gasteiger partial charge < -0.3 is 15.6 Å². The minimum Gasteiger partial charge on any atom is -0.477 e. The first kappa shape index (κ1) is 18.1. The number of carboxylic acid groups (broad SMARTS) is 1. The number of rotatable bonds is 7. The number of hydrogen-bond acceptors (Lipinski definition) is 6. The highest BCUT2D eigenvalue weighted by atomic mass is 32.1. The van der Waals surface area contributed by atoms with Crippen molar-refractivity contribution >= 4 is 33.4 Å². The number of carboxylic acids is 1. The van der Waals surface area contributed by atoms with Gasteiger partial charge in [0, 0.05) is 13.5 Å². The average Bonchev–Trinajstić information content (AvgIpc) is 2.85. The molecular formula is C15H19N3O5S. The van der Waals surface area contributed by atoms with E-state index in [2.05, 4.69) is 4.98 Å². The molecule has 8 nitrogen and oxygen atoms in total. The number of aromatic carboxylic acids is 1. The van der Waals surface area contributed by atoms with E-state index >= 15 is 0 Å². The van der Waals surface area contributed by atoms with E-state index in [4.69, 9.17) is 10.5 Å². The van der Waals surface area contributed by atoms with Gasteiger partial charge in [0.25, 0.3) is 5.56 Å². The van der Waals surface area contributed by atoms with Gasteiger partial charge in [-0.1, -0.05) is 6.92 Å². The fourth-order valence-electron chi connectivity index (χ4n) is 2.64. The molecule has 2 rings (SSSR count). The summed E-state index contributed by atoms with van der Waals surface area (Å²) >= 11 is 0.949. The minimum absolute atomic E-state index is 0.0668. The van der Waals surface area contributed by atoms with Gasteiger partial charge in [0.05, 0.1) is 12.0 Å². The molecule has 2 aromatic heterocycles. The number of ether oxygens (including phenoxy) is 1. The minimum atomic E-state index is -1.11. The van der Waals surface area contributed by atoms with Crippen LogP contribution >= 0.6 is 11.3 Å². The molecule has 24 heavy (non-hydrogen) atoms.